The molecule has 1 heterocycles. The fourth-order valence-electron chi connectivity index (χ4n) is 1.76. The van der Waals surface area contributed by atoms with Gasteiger partial charge in [-0.2, -0.15) is 0 Å². The first kappa shape index (κ1) is 12.1. The summed E-state index contributed by atoms with van der Waals surface area (Å²) in [5.41, 5.74) is 1.03. The summed E-state index contributed by atoms with van der Waals surface area (Å²) in [6, 6.07) is 8.56. The lowest BCUT2D eigenvalue weighted by molar-refractivity contribution is -0.139. The summed E-state index contributed by atoms with van der Waals surface area (Å²) in [6.07, 6.45) is 0.538. The zero-order valence-electron chi connectivity index (χ0n) is 9.13. The second-order valence-corrected chi connectivity index (χ2v) is 4.95. The molecule has 0 saturated carbocycles. The smallest absolute Gasteiger partial charge is 0.321 e. The number of carboxylic acids is 1. The molecular weight excluding hydrogens is 238 g/mol. The highest BCUT2D eigenvalue weighted by Gasteiger charge is 2.32. The van der Waals surface area contributed by atoms with Crippen LogP contribution in [0.15, 0.2) is 30.3 Å². The van der Waals surface area contributed by atoms with Crippen molar-refractivity contribution >= 4 is 22.8 Å². The average molecular weight is 251 g/mol. The lowest BCUT2D eigenvalue weighted by atomic mass is 10.1. The molecule has 1 aromatic carbocycles. The predicted molar refractivity (Wildman–Crippen MR) is 66.0 cm³/mol. The SMILES string of the molecule is O=C(O)C1CSC(=O)C(Cc2ccccc2)N1. The van der Waals surface area contributed by atoms with E-state index in [0.29, 0.717) is 12.2 Å². The van der Waals surface area contributed by atoms with Gasteiger partial charge in [0.25, 0.3) is 0 Å². The van der Waals surface area contributed by atoms with Gasteiger partial charge in [-0.15, -0.1) is 0 Å². The van der Waals surface area contributed by atoms with Gasteiger partial charge in [0.05, 0.1) is 6.04 Å². The zero-order valence-corrected chi connectivity index (χ0v) is 9.94. The van der Waals surface area contributed by atoms with Gasteiger partial charge in [-0.3, -0.25) is 14.9 Å². The van der Waals surface area contributed by atoms with Crippen molar-refractivity contribution in [3.63, 3.8) is 0 Å². The molecular formula is C12H13NO3S. The number of benzene rings is 1. The first-order valence-electron chi connectivity index (χ1n) is 5.36. The Balaban J connectivity index is 2.04. The van der Waals surface area contributed by atoms with E-state index in [1.165, 1.54) is 0 Å². The van der Waals surface area contributed by atoms with Crippen molar-refractivity contribution in [1.29, 1.82) is 0 Å². The molecule has 0 aliphatic carbocycles. The van der Waals surface area contributed by atoms with Crippen molar-refractivity contribution in [3.8, 4) is 0 Å². The minimum atomic E-state index is -0.900. The highest BCUT2D eigenvalue weighted by Crippen LogP contribution is 2.18. The van der Waals surface area contributed by atoms with Gasteiger partial charge in [0, 0.05) is 5.75 Å². The van der Waals surface area contributed by atoms with Crippen molar-refractivity contribution < 1.29 is 14.7 Å². The van der Waals surface area contributed by atoms with Gasteiger partial charge in [0.2, 0.25) is 5.12 Å². The van der Waals surface area contributed by atoms with E-state index in [1.807, 2.05) is 30.3 Å². The number of aliphatic carboxylic acids is 1. The van der Waals surface area contributed by atoms with Crippen LogP contribution >= 0.6 is 11.8 Å². The van der Waals surface area contributed by atoms with E-state index in [0.717, 1.165) is 17.3 Å². The van der Waals surface area contributed by atoms with E-state index < -0.39 is 18.1 Å². The molecule has 2 rings (SSSR count). The number of thioether (sulfide) groups is 1. The summed E-state index contributed by atoms with van der Waals surface area (Å²) in [7, 11) is 0. The molecule has 2 atom stereocenters. The Bertz CT molecular complexity index is 421. The van der Waals surface area contributed by atoms with Crippen molar-refractivity contribution in [2.24, 2.45) is 0 Å². The van der Waals surface area contributed by atoms with Crippen molar-refractivity contribution in [2.75, 3.05) is 5.75 Å². The second kappa shape index (κ2) is 5.33. The van der Waals surface area contributed by atoms with Gasteiger partial charge in [0.15, 0.2) is 0 Å². The molecule has 1 saturated heterocycles. The average Bonchev–Trinajstić information content (AvgIpc) is 2.33. The summed E-state index contributed by atoms with van der Waals surface area (Å²) in [5.74, 6) is -0.595. The molecule has 2 N–H and O–H groups in total. The molecule has 0 amide bonds. The third-order valence-corrected chi connectivity index (χ3v) is 3.73. The monoisotopic (exact) mass is 251 g/mol. The van der Waals surface area contributed by atoms with Gasteiger partial charge in [-0.1, -0.05) is 42.1 Å². The van der Waals surface area contributed by atoms with Crippen molar-refractivity contribution in [3.05, 3.63) is 35.9 Å². The molecule has 0 spiro atoms. The molecule has 17 heavy (non-hydrogen) atoms. The summed E-state index contributed by atoms with van der Waals surface area (Å²) in [6.45, 7) is 0. The molecule has 5 heteroatoms. The second-order valence-electron chi connectivity index (χ2n) is 3.93. The van der Waals surface area contributed by atoms with Crippen LogP contribution in [-0.2, 0) is 16.0 Å². The van der Waals surface area contributed by atoms with E-state index in [1.54, 1.807) is 0 Å². The molecule has 4 nitrogen and oxygen atoms in total. The Labute approximate surface area is 103 Å². The van der Waals surface area contributed by atoms with Crippen LogP contribution in [0.1, 0.15) is 5.56 Å². The minimum absolute atomic E-state index is 0.0198. The van der Waals surface area contributed by atoms with Gasteiger partial charge in [-0.25, -0.2) is 0 Å². The summed E-state index contributed by atoms with van der Waals surface area (Å²) >= 11 is 1.10. The first-order valence-corrected chi connectivity index (χ1v) is 6.35. The van der Waals surface area contributed by atoms with E-state index in [9.17, 15) is 9.59 Å². The van der Waals surface area contributed by atoms with E-state index in [2.05, 4.69) is 5.32 Å². The zero-order chi connectivity index (χ0) is 12.3. The maximum atomic E-state index is 11.7. The van der Waals surface area contributed by atoms with Crippen molar-refractivity contribution in [1.82, 2.24) is 5.32 Å². The van der Waals surface area contributed by atoms with Crippen LogP contribution in [0.2, 0.25) is 0 Å². The summed E-state index contributed by atoms with van der Waals surface area (Å²) in [5, 5.41) is 11.8. The largest absolute Gasteiger partial charge is 0.480 e. The number of hydrogen-bond acceptors (Lipinski definition) is 4. The predicted octanol–water partition coefficient (Wildman–Crippen LogP) is 0.914. The van der Waals surface area contributed by atoms with Crippen LogP contribution < -0.4 is 5.32 Å². The van der Waals surface area contributed by atoms with E-state index in [-0.39, 0.29) is 5.12 Å². The van der Waals surface area contributed by atoms with Crippen LogP contribution in [-0.4, -0.2) is 34.0 Å². The van der Waals surface area contributed by atoms with Gasteiger partial charge >= 0.3 is 5.97 Å². The normalized spacial score (nSPS) is 24.6. The van der Waals surface area contributed by atoms with E-state index >= 15 is 0 Å². The maximum Gasteiger partial charge on any atom is 0.321 e. The number of nitrogens with one attached hydrogen (secondary N) is 1. The molecule has 0 bridgehead atoms. The number of carboxylic acid groups (broad SMARTS) is 1. The number of carbonyl (C=O) groups is 2. The number of hydrogen-bond donors (Lipinski definition) is 2. The standard InChI is InChI=1S/C12H13NO3S/c14-11(15)10-7-17-12(16)9(13-10)6-8-4-2-1-3-5-8/h1-5,9-10,13H,6-7H2,(H,14,15). The highest BCUT2D eigenvalue weighted by atomic mass is 32.2. The van der Waals surface area contributed by atoms with Crippen LogP contribution in [0.3, 0.4) is 0 Å². The highest BCUT2D eigenvalue weighted by molar-refractivity contribution is 8.13. The lowest BCUT2D eigenvalue weighted by Crippen LogP contribution is -2.52. The molecule has 0 aromatic heterocycles. The lowest BCUT2D eigenvalue weighted by Gasteiger charge is -2.26. The first-order chi connectivity index (χ1) is 8.16. The molecule has 0 radical (unpaired) electrons. The third-order valence-electron chi connectivity index (χ3n) is 2.66. The Morgan fingerprint density at radius 1 is 1.41 bits per heavy atom. The molecule has 1 aliphatic heterocycles. The minimum Gasteiger partial charge on any atom is -0.480 e. The number of rotatable bonds is 3. The molecule has 90 valence electrons. The summed E-state index contributed by atoms with van der Waals surface area (Å²) < 4.78 is 0. The topological polar surface area (TPSA) is 66.4 Å². The quantitative estimate of drug-likeness (QED) is 0.836. The van der Waals surface area contributed by atoms with Crippen LogP contribution in [0.25, 0.3) is 0 Å². The Morgan fingerprint density at radius 2 is 2.12 bits per heavy atom. The molecule has 1 aliphatic rings. The fourth-order valence-corrected chi connectivity index (χ4v) is 2.68. The Hall–Kier alpha value is -1.33. The van der Waals surface area contributed by atoms with Gasteiger partial charge in [0.1, 0.15) is 6.04 Å². The van der Waals surface area contributed by atoms with Gasteiger partial charge < -0.3 is 5.11 Å². The fraction of sp³-hybridized carbons (Fsp3) is 0.333. The Kier molecular flexibility index (Phi) is 3.81. The van der Waals surface area contributed by atoms with E-state index in [4.69, 9.17) is 5.11 Å². The third kappa shape index (κ3) is 3.08. The van der Waals surface area contributed by atoms with Crippen LogP contribution in [0, 0.1) is 0 Å². The Morgan fingerprint density at radius 3 is 2.76 bits per heavy atom. The maximum absolute atomic E-state index is 11.7. The van der Waals surface area contributed by atoms with Crippen LogP contribution in [0.4, 0.5) is 0 Å². The number of carbonyl (C=O) groups excluding carboxylic acids is 1. The van der Waals surface area contributed by atoms with Gasteiger partial charge in [-0.05, 0) is 12.0 Å². The molecule has 1 fully saturated rings. The summed E-state index contributed by atoms with van der Waals surface area (Å²) in [4.78, 5) is 22.5. The molecule has 1 aromatic rings. The molecule has 2 unspecified atom stereocenters. The van der Waals surface area contributed by atoms with Crippen molar-refractivity contribution in [2.45, 2.75) is 18.5 Å². The van der Waals surface area contributed by atoms with Crippen LogP contribution in [0.5, 0.6) is 0 Å².